The van der Waals surface area contributed by atoms with Gasteiger partial charge in [0.15, 0.2) is 17.1 Å². The van der Waals surface area contributed by atoms with Crippen molar-refractivity contribution < 1.29 is 35.7 Å². The minimum atomic E-state index is -3.41. The highest BCUT2D eigenvalue weighted by Gasteiger charge is 2.19. The van der Waals surface area contributed by atoms with Crippen LogP contribution in [-0.4, -0.2) is 32.7 Å². The molecule has 0 radical (unpaired) electrons. The van der Waals surface area contributed by atoms with Crippen LogP contribution in [0.2, 0.25) is 0 Å². The molecule has 0 bridgehead atoms. The van der Waals surface area contributed by atoms with Crippen LogP contribution in [0.15, 0.2) is 60.7 Å². The Morgan fingerprint density at radius 3 is 2.47 bits per heavy atom. The fourth-order valence-corrected chi connectivity index (χ4v) is 4.12. The van der Waals surface area contributed by atoms with Crippen molar-refractivity contribution in [2.45, 2.75) is 0 Å². The minimum absolute atomic E-state index is 0. The summed E-state index contributed by atoms with van der Waals surface area (Å²) in [4.78, 5) is 16.6. The van der Waals surface area contributed by atoms with E-state index in [1.54, 1.807) is 30.3 Å². The number of para-hydroxylation sites is 2. The Morgan fingerprint density at radius 2 is 1.78 bits per heavy atom. The number of quaternary nitrogens is 1. The summed E-state index contributed by atoms with van der Waals surface area (Å²) in [6.07, 6.45) is 1.09. The third-order valence-electron chi connectivity index (χ3n) is 4.85. The summed E-state index contributed by atoms with van der Waals surface area (Å²) >= 11 is 0. The van der Waals surface area contributed by atoms with E-state index in [9.17, 15) is 13.2 Å². The van der Waals surface area contributed by atoms with Gasteiger partial charge in [-0.05, 0) is 30.3 Å². The number of amides is 1. The summed E-state index contributed by atoms with van der Waals surface area (Å²) < 4.78 is 31.0. The number of carbonyl (C=O) groups excluding carboxylic acids is 1. The molecule has 1 amide bonds. The Morgan fingerprint density at radius 1 is 1.06 bits per heavy atom. The van der Waals surface area contributed by atoms with Crippen molar-refractivity contribution in [1.29, 1.82) is 0 Å². The number of hydrogen-bond donors (Lipinski definition) is 3. The molecule has 0 aliphatic heterocycles. The van der Waals surface area contributed by atoms with Gasteiger partial charge in [0.05, 0.1) is 46.4 Å². The Hall–Kier alpha value is -3.40. The van der Waals surface area contributed by atoms with E-state index in [2.05, 4.69) is 9.71 Å². The lowest BCUT2D eigenvalue weighted by Gasteiger charge is -2.13. The van der Waals surface area contributed by atoms with Gasteiger partial charge in [-0.3, -0.25) is 14.8 Å². The number of pyridine rings is 1. The number of benzene rings is 3. The number of rotatable bonds is 6. The average molecular weight is 473 g/mol. The number of nitrogens with one attached hydrogen (secondary N) is 1. The molecule has 0 aliphatic rings. The Balaban J connectivity index is 0.00000289. The van der Waals surface area contributed by atoms with E-state index < -0.39 is 15.9 Å². The maximum atomic E-state index is 12.0. The molecule has 5 N–H and O–H groups in total. The zero-order valence-corrected chi connectivity index (χ0v) is 18.9. The molecule has 0 saturated heterocycles. The first kappa shape index (κ1) is 23.3. The van der Waals surface area contributed by atoms with Gasteiger partial charge in [-0.15, -0.1) is 0 Å². The quantitative estimate of drug-likeness (QED) is 0.255. The number of carbonyl (C=O) groups is 1. The van der Waals surface area contributed by atoms with Crippen LogP contribution in [0.4, 0.5) is 17.1 Å². The lowest BCUT2D eigenvalue weighted by atomic mass is 10.0. The SMILES string of the molecule is COc1cc(NS(C)(=O)=O)ccc1[NH2+]c1c2ccccc2nc2c(C(N)=O)cccc12.[Cl-]. The summed E-state index contributed by atoms with van der Waals surface area (Å²) in [5.74, 6) is -0.0538. The zero-order valence-electron chi connectivity index (χ0n) is 17.3. The predicted molar refractivity (Wildman–Crippen MR) is 120 cm³/mol. The molecule has 10 heteroatoms. The van der Waals surface area contributed by atoms with Gasteiger partial charge in [-0.2, -0.15) is 0 Å². The predicted octanol–water partition coefficient (Wildman–Crippen LogP) is -0.602. The summed E-state index contributed by atoms with van der Waals surface area (Å²) in [7, 11) is -1.89. The van der Waals surface area contributed by atoms with Gasteiger partial charge >= 0.3 is 0 Å². The van der Waals surface area contributed by atoms with Gasteiger partial charge in [0.1, 0.15) is 0 Å². The summed E-state index contributed by atoms with van der Waals surface area (Å²) in [5.41, 5.74) is 9.16. The summed E-state index contributed by atoms with van der Waals surface area (Å²) in [5, 5.41) is 3.60. The summed E-state index contributed by atoms with van der Waals surface area (Å²) in [6, 6.07) is 18.0. The fraction of sp³-hybridized carbons (Fsp3) is 0.0909. The molecule has 0 aliphatic carbocycles. The van der Waals surface area contributed by atoms with Crippen LogP contribution >= 0.6 is 0 Å². The van der Waals surface area contributed by atoms with E-state index >= 15 is 0 Å². The molecule has 1 heterocycles. The molecule has 4 aromatic rings. The molecule has 0 atom stereocenters. The van der Waals surface area contributed by atoms with Gasteiger partial charge in [-0.1, -0.05) is 18.2 Å². The standard InChI is InChI=1S/C22H20N4O4S.ClH/c1-30-19-12-13(26-31(2,28)29)10-11-18(19)25-20-14-6-3-4-9-17(14)24-21-15(20)7-5-8-16(21)22(23)27;/h3-12,26H,1-2H3,(H2,23,27)(H,24,25);1H. The topological polar surface area (TPSA) is 128 Å². The van der Waals surface area contributed by atoms with Crippen LogP contribution in [-0.2, 0) is 10.0 Å². The van der Waals surface area contributed by atoms with Gasteiger partial charge in [0, 0.05) is 12.1 Å². The molecule has 0 unspecified atom stereocenters. The van der Waals surface area contributed by atoms with E-state index in [-0.39, 0.29) is 12.4 Å². The van der Waals surface area contributed by atoms with Crippen molar-refractivity contribution in [2.24, 2.45) is 5.73 Å². The first-order valence-corrected chi connectivity index (χ1v) is 11.3. The zero-order chi connectivity index (χ0) is 22.2. The van der Waals surface area contributed by atoms with Crippen LogP contribution in [0.1, 0.15) is 10.4 Å². The molecular formula is C22H21ClN4O4S. The Kier molecular flexibility index (Phi) is 6.54. The lowest BCUT2D eigenvalue weighted by molar-refractivity contribution is -0.475. The first-order chi connectivity index (χ1) is 14.8. The number of sulfonamides is 1. The van der Waals surface area contributed by atoms with Crippen LogP contribution in [0, 0.1) is 0 Å². The van der Waals surface area contributed by atoms with E-state index in [4.69, 9.17) is 10.5 Å². The van der Waals surface area contributed by atoms with E-state index in [0.717, 1.165) is 33.9 Å². The second-order valence-electron chi connectivity index (χ2n) is 7.08. The number of primary amides is 1. The van der Waals surface area contributed by atoms with E-state index in [0.29, 0.717) is 22.5 Å². The maximum absolute atomic E-state index is 12.0. The van der Waals surface area contributed by atoms with Crippen LogP contribution in [0.5, 0.6) is 5.75 Å². The third-order valence-corrected chi connectivity index (χ3v) is 5.46. The second kappa shape index (κ2) is 8.99. The number of halogens is 1. The highest BCUT2D eigenvalue weighted by atomic mass is 35.5. The molecule has 1 aromatic heterocycles. The van der Waals surface area contributed by atoms with Crippen molar-refractivity contribution in [3.8, 4) is 5.75 Å². The number of methoxy groups -OCH3 is 1. The minimum Gasteiger partial charge on any atom is -1.00 e. The largest absolute Gasteiger partial charge is 1.00 e. The lowest BCUT2D eigenvalue weighted by Crippen LogP contribution is -3.00. The Labute approximate surface area is 191 Å². The fourth-order valence-electron chi connectivity index (χ4n) is 3.56. The number of nitrogens with zero attached hydrogens (tertiary/aromatic N) is 1. The second-order valence-corrected chi connectivity index (χ2v) is 8.83. The molecule has 8 nitrogen and oxygen atoms in total. The molecule has 3 aromatic carbocycles. The van der Waals surface area contributed by atoms with Crippen LogP contribution < -0.4 is 32.9 Å². The third kappa shape index (κ3) is 4.59. The molecule has 4 rings (SSSR count). The normalized spacial score (nSPS) is 11.2. The smallest absolute Gasteiger partial charge is 0.250 e. The maximum Gasteiger partial charge on any atom is 0.250 e. The summed E-state index contributed by atoms with van der Waals surface area (Å²) in [6.45, 7) is 0. The van der Waals surface area contributed by atoms with Crippen molar-refractivity contribution in [3.63, 3.8) is 0 Å². The molecular weight excluding hydrogens is 452 g/mol. The van der Waals surface area contributed by atoms with Crippen molar-refractivity contribution in [2.75, 3.05) is 18.1 Å². The number of nitrogens with two attached hydrogens (primary N) is 2. The van der Waals surface area contributed by atoms with Crippen molar-refractivity contribution >= 4 is 54.8 Å². The van der Waals surface area contributed by atoms with E-state index in [1.165, 1.54) is 7.11 Å². The van der Waals surface area contributed by atoms with E-state index in [1.807, 2.05) is 35.6 Å². The number of fused-ring (bicyclic) bond motifs is 2. The molecule has 0 saturated carbocycles. The molecule has 0 fully saturated rings. The van der Waals surface area contributed by atoms with Crippen molar-refractivity contribution in [1.82, 2.24) is 4.98 Å². The Bertz CT molecular complexity index is 1440. The highest BCUT2D eigenvalue weighted by Crippen LogP contribution is 2.32. The number of anilines is 1. The highest BCUT2D eigenvalue weighted by molar-refractivity contribution is 7.92. The monoisotopic (exact) mass is 472 g/mol. The average Bonchev–Trinajstić information content (AvgIpc) is 2.72. The number of ether oxygens (including phenoxy) is 1. The molecule has 32 heavy (non-hydrogen) atoms. The van der Waals surface area contributed by atoms with Crippen LogP contribution in [0.3, 0.4) is 0 Å². The van der Waals surface area contributed by atoms with Gasteiger partial charge in [0.25, 0.3) is 5.91 Å². The van der Waals surface area contributed by atoms with Gasteiger partial charge in [0.2, 0.25) is 10.0 Å². The van der Waals surface area contributed by atoms with Crippen molar-refractivity contribution in [3.05, 3.63) is 66.2 Å². The molecule has 0 spiro atoms. The van der Waals surface area contributed by atoms with Gasteiger partial charge < -0.3 is 22.9 Å². The first-order valence-electron chi connectivity index (χ1n) is 9.38. The number of aromatic nitrogens is 1. The number of hydrogen-bond acceptors (Lipinski definition) is 5. The van der Waals surface area contributed by atoms with Crippen LogP contribution in [0.25, 0.3) is 21.8 Å². The molecule has 166 valence electrons. The van der Waals surface area contributed by atoms with Gasteiger partial charge in [-0.25, -0.2) is 13.4 Å².